The van der Waals surface area contributed by atoms with Gasteiger partial charge in [-0.3, -0.25) is 9.48 Å². The Labute approximate surface area is 138 Å². The summed E-state index contributed by atoms with van der Waals surface area (Å²) in [6.45, 7) is 0. The molecule has 0 saturated heterocycles. The average molecular weight is 321 g/mol. The second-order valence-corrected chi connectivity index (χ2v) is 5.83. The maximum atomic E-state index is 13.1. The highest BCUT2D eigenvalue weighted by Gasteiger charge is 2.51. The summed E-state index contributed by atoms with van der Waals surface area (Å²) in [6.07, 6.45) is 1.67. The van der Waals surface area contributed by atoms with Crippen LogP contribution in [0.2, 0.25) is 0 Å². The Balaban J connectivity index is 2.05. The number of phenols is 2. The molecule has 0 unspecified atom stereocenters. The Morgan fingerprint density at radius 2 is 1.46 bits per heavy atom. The molecule has 0 aliphatic carbocycles. The van der Waals surface area contributed by atoms with Crippen molar-refractivity contribution < 1.29 is 15.0 Å². The Hall–Kier alpha value is -3.28. The first kappa shape index (κ1) is 14.3. The highest BCUT2D eigenvalue weighted by Crippen LogP contribution is 2.47. The second-order valence-electron chi connectivity index (χ2n) is 5.83. The van der Waals surface area contributed by atoms with Gasteiger partial charge < -0.3 is 15.5 Å². The van der Waals surface area contributed by atoms with Gasteiger partial charge in [0.1, 0.15) is 22.7 Å². The van der Waals surface area contributed by atoms with E-state index < -0.39 is 5.41 Å². The van der Waals surface area contributed by atoms with Crippen molar-refractivity contribution in [2.45, 2.75) is 5.41 Å². The van der Waals surface area contributed by atoms with E-state index >= 15 is 0 Å². The van der Waals surface area contributed by atoms with Crippen molar-refractivity contribution >= 4 is 11.7 Å². The minimum atomic E-state index is -1.08. The van der Waals surface area contributed by atoms with E-state index in [4.69, 9.17) is 0 Å². The zero-order valence-corrected chi connectivity index (χ0v) is 12.9. The van der Waals surface area contributed by atoms with Crippen LogP contribution in [0.15, 0.2) is 54.7 Å². The lowest BCUT2D eigenvalue weighted by atomic mass is 9.71. The van der Waals surface area contributed by atoms with Gasteiger partial charge in [-0.25, -0.2) is 0 Å². The monoisotopic (exact) mass is 321 g/mol. The van der Waals surface area contributed by atoms with Crippen LogP contribution in [0.1, 0.15) is 16.7 Å². The number of amides is 1. The van der Waals surface area contributed by atoms with Crippen molar-refractivity contribution in [3.63, 3.8) is 0 Å². The summed E-state index contributed by atoms with van der Waals surface area (Å²) < 4.78 is 1.62. The van der Waals surface area contributed by atoms with Crippen molar-refractivity contribution in [1.82, 2.24) is 9.78 Å². The molecule has 0 radical (unpaired) electrons. The fourth-order valence-electron chi connectivity index (χ4n) is 3.35. The standard InChI is InChI=1S/C18H15N3O3/c1-21-16-15(10-19-21)18(17(24)20-16,11-2-6-13(22)7-3-11)12-4-8-14(23)9-5-12/h2-10,22-23H,1H3,(H,20,24). The molecule has 6 heteroatoms. The second kappa shape index (κ2) is 4.86. The van der Waals surface area contributed by atoms with Gasteiger partial charge in [-0.2, -0.15) is 5.10 Å². The molecule has 0 bridgehead atoms. The minimum absolute atomic E-state index is 0.129. The fourth-order valence-corrected chi connectivity index (χ4v) is 3.35. The van der Waals surface area contributed by atoms with Crippen molar-refractivity contribution in [3.05, 3.63) is 71.4 Å². The molecule has 4 rings (SSSR count). The van der Waals surface area contributed by atoms with Crippen LogP contribution < -0.4 is 5.32 Å². The number of hydrogen-bond donors (Lipinski definition) is 3. The summed E-state index contributed by atoms with van der Waals surface area (Å²) in [6, 6.07) is 13.1. The summed E-state index contributed by atoms with van der Waals surface area (Å²) in [4.78, 5) is 13.1. The first-order valence-corrected chi connectivity index (χ1v) is 7.46. The summed E-state index contributed by atoms with van der Waals surface area (Å²) >= 11 is 0. The number of fused-ring (bicyclic) bond motifs is 1. The van der Waals surface area contributed by atoms with E-state index in [1.54, 1.807) is 66.5 Å². The number of carbonyl (C=O) groups excluding carboxylic acids is 1. The van der Waals surface area contributed by atoms with Crippen LogP contribution in [0.4, 0.5) is 5.82 Å². The number of rotatable bonds is 2. The number of anilines is 1. The number of benzene rings is 2. The number of carbonyl (C=O) groups is 1. The zero-order chi connectivity index (χ0) is 16.9. The molecule has 0 spiro atoms. The molecular weight excluding hydrogens is 306 g/mol. The van der Waals surface area contributed by atoms with E-state index in [0.717, 1.165) is 16.7 Å². The zero-order valence-electron chi connectivity index (χ0n) is 12.9. The Kier molecular flexibility index (Phi) is 2.90. The number of aromatic nitrogens is 2. The predicted molar refractivity (Wildman–Crippen MR) is 87.9 cm³/mol. The molecule has 1 aliphatic rings. The minimum Gasteiger partial charge on any atom is -0.508 e. The van der Waals surface area contributed by atoms with Gasteiger partial charge in [0.25, 0.3) is 0 Å². The topological polar surface area (TPSA) is 87.4 Å². The van der Waals surface area contributed by atoms with Crippen molar-refractivity contribution in [3.8, 4) is 11.5 Å². The van der Waals surface area contributed by atoms with Crippen LogP contribution in [0.3, 0.4) is 0 Å². The molecule has 0 saturated carbocycles. The summed E-state index contributed by atoms with van der Waals surface area (Å²) in [5.74, 6) is 0.705. The molecule has 3 aromatic rings. The first-order valence-electron chi connectivity index (χ1n) is 7.46. The van der Waals surface area contributed by atoms with Gasteiger partial charge >= 0.3 is 0 Å². The molecule has 24 heavy (non-hydrogen) atoms. The van der Waals surface area contributed by atoms with Crippen molar-refractivity contribution in [1.29, 1.82) is 0 Å². The SMILES string of the molecule is Cn1ncc2c1NC(=O)C2(c1ccc(O)cc1)c1ccc(O)cc1. The molecule has 2 heterocycles. The van der Waals surface area contributed by atoms with E-state index in [9.17, 15) is 15.0 Å². The highest BCUT2D eigenvalue weighted by molar-refractivity contribution is 6.10. The predicted octanol–water partition coefficient (Wildman–Crippen LogP) is 2.12. The van der Waals surface area contributed by atoms with Crippen LogP contribution in [0.5, 0.6) is 11.5 Å². The van der Waals surface area contributed by atoms with Gasteiger partial charge in [0.15, 0.2) is 0 Å². The third-order valence-corrected chi connectivity index (χ3v) is 4.52. The van der Waals surface area contributed by atoms with Crippen LogP contribution in [0.25, 0.3) is 0 Å². The van der Waals surface area contributed by atoms with Crippen LogP contribution in [-0.4, -0.2) is 25.9 Å². The summed E-state index contributed by atoms with van der Waals surface area (Å²) in [7, 11) is 1.77. The normalized spacial score (nSPS) is 15.1. The van der Waals surface area contributed by atoms with Crippen molar-refractivity contribution in [2.24, 2.45) is 7.05 Å². The highest BCUT2D eigenvalue weighted by atomic mass is 16.3. The Bertz CT molecular complexity index is 882. The van der Waals surface area contributed by atoms with Crippen LogP contribution in [0, 0.1) is 0 Å². The third kappa shape index (κ3) is 1.76. The Morgan fingerprint density at radius 3 is 1.96 bits per heavy atom. The molecule has 120 valence electrons. The van der Waals surface area contributed by atoms with E-state index in [1.807, 2.05) is 0 Å². The summed E-state index contributed by atoms with van der Waals surface area (Å²) in [5, 5.41) is 26.4. The lowest BCUT2D eigenvalue weighted by Gasteiger charge is -2.28. The smallest absolute Gasteiger partial charge is 0.245 e. The largest absolute Gasteiger partial charge is 0.508 e. The summed E-state index contributed by atoms with van der Waals surface area (Å²) in [5.41, 5.74) is 1.10. The van der Waals surface area contributed by atoms with E-state index in [2.05, 4.69) is 10.4 Å². The molecule has 0 atom stereocenters. The number of aryl methyl sites for hydroxylation is 1. The third-order valence-electron chi connectivity index (χ3n) is 4.52. The van der Waals surface area contributed by atoms with Crippen LogP contribution >= 0.6 is 0 Å². The number of nitrogens with one attached hydrogen (secondary N) is 1. The molecule has 1 aromatic heterocycles. The van der Waals surface area contributed by atoms with Crippen molar-refractivity contribution in [2.75, 3.05) is 5.32 Å². The van der Waals surface area contributed by atoms with E-state index in [-0.39, 0.29) is 17.4 Å². The molecule has 0 fully saturated rings. The quantitative estimate of drug-likeness (QED) is 0.675. The number of hydrogen-bond acceptors (Lipinski definition) is 4. The van der Waals surface area contributed by atoms with Gasteiger partial charge in [-0.15, -0.1) is 0 Å². The first-order chi connectivity index (χ1) is 11.5. The molecule has 1 aliphatic heterocycles. The van der Waals surface area contributed by atoms with E-state index in [0.29, 0.717) is 5.82 Å². The van der Waals surface area contributed by atoms with Crippen LogP contribution in [-0.2, 0) is 17.3 Å². The Morgan fingerprint density at radius 1 is 0.958 bits per heavy atom. The van der Waals surface area contributed by atoms with Gasteiger partial charge in [-0.1, -0.05) is 24.3 Å². The average Bonchev–Trinajstić information content (AvgIpc) is 3.07. The molecule has 6 nitrogen and oxygen atoms in total. The van der Waals surface area contributed by atoms with Gasteiger partial charge in [0.2, 0.25) is 5.91 Å². The number of nitrogens with zero attached hydrogens (tertiary/aromatic N) is 2. The van der Waals surface area contributed by atoms with Gasteiger partial charge in [0, 0.05) is 12.6 Å². The van der Waals surface area contributed by atoms with Gasteiger partial charge in [-0.05, 0) is 35.4 Å². The number of aromatic hydroxyl groups is 2. The van der Waals surface area contributed by atoms with Gasteiger partial charge in [0.05, 0.1) is 6.20 Å². The lowest BCUT2D eigenvalue weighted by Crippen LogP contribution is -2.37. The molecule has 3 N–H and O–H groups in total. The molecule has 2 aromatic carbocycles. The maximum Gasteiger partial charge on any atom is 0.245 e. The van der Waals surface area contributed by atoms with E-state index in [1.165, 1.54) is 0 Å². The maximum absolute atomic E-state index is 13.1. The lowest BCUT2D eigenvalue weighted by molar-refractivity contribution is -0.118. The molecule has 1 amide bonds. The molecular formula is C18H15N3O3. The fraction of sp³-hybridized carbons (Fsp3) is 0.111. The number of phenolic OH excluding ortho intramolecular Hbond substituents is 2.